The number of carbonyl (C=O) groups is 1. The summed E-state index contributed by atoms with van der Waals surface area (Å²) in [6.45, 7) is 14.3. The first-order valence-electron chi connectivity index (χ1n) is 12.3. The number of anilines is 1. The van der Waals surface area contributed by atoms with Crippen molar-refractivity contribution in [2.75, 3.05) is 31.1 Å². The number of ether oxygens (including phenoxy) is 1. The van der Waals surface area contributed by atoms with Crippen LogP contribution in [0.15, 0.2) is 36.4 Å². The number of rotatable bonds is 3. The SMILES string of the molecule is CC(C)(C)OC(=O)c1ccc(N2CCC(N)CC2)cc1.Cc1ccc(C)n1C1CCNCC1. The number of carbonyl (C=O) groups excluding carboxylic acids is 1. The number of nitrogens with two attached hydrogens (primary N) is 1. The molecular formula is C27H42N4O2. The number of benzene rings is 1. The summed E-state index contributed by atoms with van der Waals surface area (Å²) in [6, 6.07) is 13.1. The van der Waals surface area contributed by atoms with E-state index in [4.69, 9.17) is 10.5 Å². The molecule has 0 amide bonds. The molecular weight excluding hydrogens is 412 g/mol. The Bertz CT molecular complexity index is 864. The molecule has 33 heavy (non-hydrogen) atoms. The monoisotopic (exact) mass is 454 g/mol. The molecule has 2 saturated heterocycles. The van der Waals surface area contributed by atoms with Gasteiger partial charge in [-0.2, -0.15) is 0 Å². The smallest absolute Gasteiger partial charge is 0.338 e. The van der Waals surface area contributed by atoms with Crippen LogP contribution in [0.25, 0.3) is 0 Å². The highest BCUT2D eigenvalue weighted by molar-refractivity contribution is 5.90. The minimum Gasteiger partial charge on any atom is -0.456 e. The van der Waals surface area contributed by atoms with Crippen LogP contribution in [0.4, 0.5) is 5.69 Å². The quantitative estimate of drug-likeness (QED) is 0.663. The van der Waals surface area contributed by atoms with Crippen molar-refractivity contribution in [2.45, 2.75) is 78.0 Å². The highest BCUT2D eigenvalue weighted by atomic mass is 16.6. The summed E-state index contributed by atoms with van der Waals surface area (Å²) >= 11 is 0. The molecule has 2 aliphatic rings. The van der Waals surface area contributed by atoms with Gasteiger partial charge in [0.15, 0.2) is 0 Å². The third kappa shape index (κ3) is 7.34. The Kier molecular flexibility index (Phi) is 8.60. The molecule has 182 valence electrons. The highest BCUT2D eigenvalue weighted by Crippen LogP contribution is 2.23. The lowest BCUT2D eigenvalue weighted by atomic mass is 10.1. The lowest BCUT2D eigenvalue weighted by Gasteiger charge is -2.32. The van der Waals surface area contributed by atoms with Crippen molar-refractivity contribution in [1.29, 1.82) is 0 Å². The van der Waals surface area contributed by atoms with E-state index < -0.39 is 5.60 Å². The van der Waals surface area contributed by atoms with E-state index in [0.29, 0.717) is 11.6 Å². The van der Waals surface area contributed by atoms with Crippen LogP contribution in [0.5, 0.6) is 0 Å². The van der Waals surface area contributed by atoms with Crippen molar-refractivity contribution in [3.63, 3.8) is 0 Å². The third-order valence-corrected chi connectivity index (χ3v) is 6.41. The van der Waals surface area contributed by atoms with Crippen molar-refractivity contribution in [3.8, 4) is 0 Å². The van der Waals surface area contributed by atoms with Gasteiger partial charge in [0.25, 0.3) is 0 Å². The van der Waals surface area contributed by atoms with Crippen LogP contribution in [0.2, 0.25) is 0 Å². The van der Waals surface area contributed by atoms with E-state index in [1.54, 1.807) is 0 Å². The van der Waals surface area contributed by atoms with E-state index >= 15 is 0 Å². The third-order valence-electron chi connectivity index (χ3n) is 6.41. The number of esters is 1. The molecule has 3 heterocycles. The number of hydrogen-bond acceptors (Lipinski definition) is 5. The van der Waals surface area contributed by atoms with Crippen molar-refractivity contribution in [2.24, 2.45) is 5.73 Å². The lowest BCUT2D eigenvalue weighted by Crippen LogP contribution is -2.39. The fourth-order valence-corrected chi connectivity index (χ4v) is 4.62. The molecule has 0 atom stereocenters. The number of hydrogen-bond donors (Lipinski definition) is 2. The molecule has 0 radical (unpaired) electrons. The van der Waals surface area contributed by atoms with Gasteiger partial charge >= 0.3 is 5.97 Å². The van der Waals surface area contributed by atoms with Crippen molar-refractivity contribution in [3.05, 3.63) is 53.3 Å². The van der Waals surface area contributed by atoms with Crippen LogP contribution in [0.3, 0.4) is 0 Å². The number of aryl methyl sites for hydroxylation is 2. The number of aromatic nitrogens is 1. The molecule has 4 rings (SSSR count). The Morgan fingerprint density at radius 3 is 2.00 bits per heavy atom. The number of nitrogens with zero attached hydrogens (tertiary/aromatic N) is 2. The first-order chi connectivity index (χ1) is 15.6. The summed E-state index contributed by atoms with van der Waals surface area (Å²) in [6.07, 6.45) is 4.59. The highest BCUT2D eigenvalue weighted by Gasteiger charge is 2.20. The summed E-state index contributed by atoms with van der Waals surface area (Å²) in [5.41, 5.74) is 10.0. The molecule has 2 fully saturated rings. The summed E-state index contributed by atoms with van der Waals surface area (Å²) in [7, 11) is 0. The van der Waals surface area contributed by atoms with Gasteiger partial charge in [-0.1, -0.05) is 0 Å². The zero-order valence-corrected chi connectivity index (χ0v) is 21.1. The topological polar surface area (TPSA) is 72.5 Å². The molecule has 2 aromatic rings. The molecule has 1 aromatic carbocycles. The van der Waals surface area contributed by atoms with Gasteiger partial charge in [0.1, 0.15) is 5.60 Å². The average molecular weight is 455 g/mol. The van der Waals surface area contributed by atoms with Crippen LogP contribution in [-0.2, 0) is 4.74 Å². The predicted octanol–water partition coefficient (Wildman–Crippen LogP) is 4.60. The van der Waals surface area contributed by atoms with Gasteiger partial charge in [0.2, 0.25) is 0 Å². The molecule has 6 heteroatoms. The second-order valence-corrected chi connectivity index (χ2v) is 10.3. The van der Waals surface area contributed by atoms with Gasteiger partial charge < -0.3 is 25.3 Å². The Labute approximate surface area is 199 Å². The summed E-state index contributed by atoms with van der Waals surface area (Å²) in [5, 5.41) is 3.40. The maximum atomic E-state index is 11.9. The molecule has 0 bridgehead atoms. The van der Waals surface area contributed by atoms with Gasteiger partial charge in [-0.3, -0.25) is 0 Å². The minimum absolute atomic E-state index is 0.273. The number of nitrogens with one attached hydrogen (secondary N) is 1. The Morgan fingerprint density at radius 1 is 0.939 bits per heavy atom. The zero-order chi connectivity index (χ0) is 24.0. The van der Waals surface area contributed by atoms with E-state index in [1.165, 1.54) is 37.3 Å². The van der Waals surface area contributed by atoms with Crippen LogP contribution < -0.4 is 16.0 Å². The maximum absolute atomic E-state index is 11.9. The van der Waals surface area contributed by atoms with Crippen LogP contribution in [0, 0.1) is 13.8 Å². The van der Waals surface area contributed by atoms with E-state index in [9.17, 15) is 4.79 Å². The first-order valence-corrected chi connectivity index (χ1v) is 12.3. The number of piperidine rings is 2. The van der Waals surface area contributed by atoms with Gasteiger partial charge in [-0.05, 0) is 110 Å². The average Bonchev–Trinajstić information content (AvgIpc) is 3.12. The molecule has 0 unspecified atom stereocenters. The zero-order valence-electron chi connectivity index (χ0n) is 21.1. The second-order valence-electron chi connectivity index (χ2n) is 10.3. The van der Waals surface area contributed by atoms with Crippen LogP contribution in [0.1, 0.15) is 74.2 Å². The fraction of sp³-hybridized carbons (Fsp3) is 0.593. The van der Waals surface area contributed by atoms with Crippen molar-refractivity contribution < 1.29 is 9.53 Å². The van der Waals surface area contributed by atoms with Crippen LogP contribution >= 0.6 is 0 Å². The Balaban J connectivity index is 0.000000203. The van der Waals surface area contributed by atoms with E-state index in [2.05, 4.69) is 40.8 Å². The van der Waals surface area contributed by atoms with Crippen molar-refractivity contribution >= 4 is 11.7 Å². The van der Waals surface area contributed by atoms with Gasteiger partial charge in [0, 0.05) is 42.2 Å². The van der Waals surface area contributed by atoms with Crippen molar-refractivity contribution in [1.82, 2.24) is 9.88 Å². The largest absolute Gasteiger partial charge is 0.456 e. The van der Waals surface area contributed by atoms with Crippen LogP contribution in [-0.4, -0.2) is 48.4 Å². The first kappa shape index (κ1) is 25.3. The summed E-state index contributed by atoms with van der Waals surface area (Å²) < 4.78 is 7.84. The fourth-order valence-electron chi connectivity index (χ4n) is 4.62. The summed E-state index contributed by atoms with van der Waals surface area (Å²) in [4.78, 5) is 14.2. The van der Waals surface area contributed by atoms with Gasteiger partial charge in [-0.15, -0.1) is 0 Å². The molecule has 0 spiro atoms. The molecule has 0 saturated carbocycles. The van der Waals surface area contributed by atoms with Gasteiger partial charge in [0.05, 0.1) is 5.56 Å². The van der Waals surface area contributed by atoms with Gasteiger partial charge in [-0.25, -0.2) is 4.79 Å². The second kappa shape index (κ2) is 11.2. The lowest BCUT2D eigenvalue weighted by molar-refractivity contribution is 0.00695. The minimum atomic E-state index is -0.460. The normalized spacial score (nSPS) is 17.9. The van der Waals surface area contributed by atoms with E-state index in [0.717, 1.165) is 37.7 Å². The molecule has 0 aliphatic carbocycles. The molecule has 2 aliphatic heterocycles. The standard InChI is InChI=1S/C16H24N2O2.C11H18N2/c1-16(2,3)20-15(19)12-4-6-14(7-5-12)18-10-8-13(17)9-11-18;1-9-3-4-10(2)13(9)11-5-7-12-8-6-11/h4-7,13H,8-11,17H2,1-3H3;3-4,11-12H,5-8H2,1-2H3. The van der Waals surface area contributed by atoms with E-state index in [-0.39, 0.29) is 5.97 Å². The van der Waals surface area contributed by atoms with E-state index in [1.807, 2.05) is 45.0 Å². The summed E-state index contributed by atoms with van der Waals surface area (Å²) in [5.74, 6) is -0.273. The Morgan fingerprint density at radius 2 is 1.48 bits per heavy atom. The maximum Gasteiger partial charge on any atom is 0.338 e. The molecule has 3 N–H and O–H groups in total. The molecule has 1 aromatic heterocycles. The molecule has 6 nitrogen and oxygen atoms in total. The predicted molar refractivity (Wildman–Crippen MR) is 136 cm³/mol. The Hall–Kier alpha value is -2.31.